The minimum atomic E-state index is 0.00948. The maximum atomic E-state index is 11.8. The van der Waals surface area contributed by atoms with Crippen LogP contribution in [0.5, 0.6) is 0 Å². The predicted molar refractivity (Wildman–Crippen MR) is 59.0 cm³/mol. The van der Waals surface area contributed by atoms with Crippen LogP contribution >= 0.6 is 0 Å². The first-order valence-electron chi connectivity index (χ1n) is 6.07. The van der Waals surface area contributed by atoms with Crippen molar-refractivity contribution in [2.75, 3.05) is 19.8 Å². The molecule has 16 heavy (non-hydrogen) atoms. The molecule has 0 aromatic rings. The molecule has 1 atom stereocenters. The van der Waals surface area contributed by atoms with Crippen molar-refractivity contribution >= 4 is 11.7 Å². The van der Waals surface area contributed by atoms with E-state index in [4.69, 9.17) is 4.74 Å². The number of carbonyl (C=O) groups is 2. The molecule has 4 heteroatoms. The molecule has 0 saturated carbocycles. The third kappa shape index (κ3) is 2.43. The highest BCUT2D eigenvalue weighted by Gasteiger charge is 2.32. The topological polar surface area (TPSA) is 46.6 Å². The van der Waals surface area contributed by atoms with Crippen LogP contribution < -0.4 is 0 Å². The molecule has 2 rings (SSSR count). The molecule has 0 aliphatic carbocycles. The second kappa shape index (κ2) is 4.95. The van der Waals surface area contributed by atoms with E-state index in [1.54, 1.807) is 0 Å². The summed E-state index contributed by atoms with van der Waals surface area (Å²) >= 11 is 0. The molecule has 0 aromatic heterocycles. The van der Waals surface area contributed by atoms with E-state index in [2.05, 4.69) is 6.92 Å². The van der Waals surface area contributed by atoms with Gasteiger partial charge in [-0.25, -0.2) is 0 Å². The summed E-state index contributed by atoms with van der Waals surface area (Å²) in [5, 5.41) is 0. The number of amides is 1. The monoisotopic (exact) mass is 225 g/mol. The van der Waals surface area contributed by atoms with E-state index in [0.717, 1.165) is 26.1 Å². The molecule has 1 amide bonds. The average molecular weight is 225 g/mol. The lowest BCUT2D eigenvalue weighted by molar-refractivity contribution is -0.142. The standard InChI is InChI=1S/C12H19NO3/c1-9(10-3-6-16-7-4-10)13-5-2-11(14)8-12(13)15/h9-10H,2-8H2,1H3. The Hall–Kier alpha value is -0.900. The molecule has 1 unspecified atom stereocenters. The van der Waals surface area contributed by atoms with E-state index in [9.17, 15) is 9.59 Å². The number of hydrogen-bond donors (Lipinski definition) is 0. The highest BCUT2D eigenvalue weighted by Crippen LogP contribution is 2.24. The summed E-state index contributed by atoms with van der Waals surface area (Å²) in [6, 6.07) is 0.254. The quantitative estimate of drug-likeness (QED) is 0.658. The van der Waals surface area contributed by atoms with Gasteiger partial charge in [0, 0.05) is 32.2 Å². The number of ketones is 1. The van der Waals surface area contributed by atoms with Crippen LogP contribution in [0, 0.1) is 5.92 Å². The van der Waals surface area contributed by atoms with Crippen molar-refractivity contribution in [3.05, 3.63) is 0 Å². The Kier molecular flexibility index (Phi) is 3.59. The fourth-order valence-electron chi connectivity index (χ4n) is 2.61. The van der Waals surface area contributed by atoms with E-state index in [1.165, 1.54) is 0 Å². The van der Waals surface area contributed by atoms with E-state index < -0.39 is 0 Å². The number of carbonyl (C=O) groups excluding carboxylic acids is 2. The van der Waals surface area contributed by atoms with Crippen LogP contribution in [-0.2, 0) is 14.3 Å². The highest BCUT2D eigenvalue weighted by atomic mass is 16.5. The third-order valence-electron chi connectivity index (χ3n) is 3.74. The van der Waals surface area contributed by atoms with Gasteiger partial charge in [-0.1, -0.05) is 0 Å². The molecular formula is C12H19NO3. The number of piperidine rings is 1. The summed E-state index contributed by atoms with van der Waals surface area (Å²) in [7, 11) is 0. The second-order valence-electron chi connectivity index (χ2n) is 4.74. The molecule has 2 heterocycles. The van der Waals surface area contributed by atoms with Gasteiger partial charge in [0.25, 0.3) is 0 Å². The van der Waals surface area contributed by atoms with Gasteiger partial charge in [0.05, 0.1) is 6.42 Å². The zero-order valence-electron chi connectivity index (χ0n) is 9.78. The lowest BCUT2D eigenvalue weighted by atomic mass is 9.90. The summed E-state index contributed by atoms with van der Waals surface area (Å²) < 4.78 is 5.32. The van der Waals surface area contributed by atoms with Crippen molar-refractivity contribution in [3.8, 4) is 0 Å². The molecule has 90 valence electrons. The summed E-state index contributed by atoms with van der Waals surface area (Å²) in [5.74, 6) is 0.626. The molecule has 2 fully saturated rings. The van der Waals surface area contributed by atoms with Crippen LogP contribution in [0.4, 0.5) is 0 Å². The van der Waals surface area contributed by atoms with Crippen LogP contribution in [-0.4, -0.2) is 42.4 Å². The number of rotatable bonds is 2. The molecule has 2 saturated heterocycles. The Balaban J connectivity index is 1.95. The lowest BCUT2D eigenvalue weighted by Gasteiger charge is -2.38. The average Bonchev–Trinajstić information content (AvgIpc) is 2.29. The molecule has 0 aromatic carbocycles. The maximum absolute atomic E-state index is 11.8. The first-order valence-corrected chi connectivity index (χ1v) is 6.07. The zero-order chi connectivity index (χ0) is 11.5. The summed E-state index contributed by atoms with van der Waals surface area (Å²) in [6.07, 6.45) is 2.69. The Morgan fingerprint density at radius 1 is 1.31 bits per heavy atom. The highest BCUT2D eigenvalue weighted by molar-refractivity contribution is 6.00. The minimum absolute atomic E-state index is 0.00948. The maximum Gasteiger partial charge on any atom is 0.230 e. The van der Waals surface area contributed by atoms with Gasteiger partial charge in [0.15, 0.2) is 0 Å². The van der Waals surface area contributed by atoms with Gasteiger partial charge in [0.1, 0.15) is 5.78 Å². The molecule has 0 spiro atoms. The SMILES string of the molecule is CC(C1CCOCC1)N1CCC(=O)CC1=O. The Morgan fingerprint density at radius 3 is 2.62 bits per heavy atom. The van der Waals surface area contributed by atoms with Crippen LogP contribution in [0.2, 0.25) is 0 Å². The lowest BCUT2D eigenvalue weighted by Crippen LogP contribution is -2.48. The van der Waals surface area contributed by atoms with E-state index in [-0.39, 0.29) is 24.2 Å². The number of hydrogen-bond acceptors (Lipinski definition) is 3. The molecule has 4 nitrogen and oxygen atoms in total. The summed E-state index contributed by atoms with van der Waals surface area (Å²) in [5.41, 5.74) is 0. The largest absolute Gasteiger partial charge is 0.381 e. The van der Waals surface area contributed by atoms with Crippen LogP contribution in [0.15, 0.2) is 0 Å². The molecule has 0 N–H and O–H groups in total. The second-order valence-corrected chi connectivity index (χ2v) is 4.74. The molecule has 2 aliphatic heterocycles. The number of likely N-dealkylation sites (tertiary alicyclic amines) is 1. The molecular weight excluding hydrogens is 206 g/mol. The number of Topliss-reactive ketones (excluding diaryl/α,β-unsaturated/α-hetero) is 1. The van der Waals surface area contributed by atoms with Gasteiger partial charge >= 0.3 is 0 Å². The van der Waals surface area contributed by atoms with Crippen molar-refractivity contribution < 1.29 is 14.3 Å². The predicted octanol–water partition coefficient (Wildman–Crippen LogP) is 0.993. The van der Waals surface area contributed by atoms with E-state index >= 15 is 0 Å². The van der Waals surface area contributed by atoms with E-state index in [1.807, 2.05) is 4.90 Å². The molecule has 2 aliphatic rings. The summed E-state index contributed by atoms with van der Waals surface area (Å²) in [4.78, 5) is 24.8. The minimum Gasteiger partial charge on any atom is -0.381 e. The Bertz CT molecular complexity index is 284. The summed E-state index contributed by atoms with van der Waals surface area (Å²) in [6.45, 7) is 4.31. The van der Waals surface area contributed by atoms with Gasteiger partial charge in [-0.3, -0.25) is 9.59 Å². The van der Waals surface area contributed by atoms with Gasteiger partial charge in [-0.15, -0.1) is 0 Å². The Labute approximate surface area is 95.9 Å². The van der Waals surface area contributed by atoms with Crippen molar-refractivity contribution in [2.45, 2.75) is 38.6 Å². The van der Waals surface area contributed by atoms with Gasteiger partial charge in [-0.05, 0) is 25.7 Å². The fraction of sp³-hybridized carbons (Fsp3) is 0.833. The van der Waals surface area contributed by atoms with Crippen LogP contribution in [0.1, 0.15) is 32.6 Å². The normalized spacial score (nSPS) is 25.9. The van der Waals surface area contributed by atoms with Gasteiger partial charge in [0.2, 0.25) is 5.91 Å². The Morgan fingerprint density at radius 2 is 2.00 bits per heavy atom. The van der Waals surface area contributed by atoms with Gasteiger partial charge in [-0.2, -0.15) is 0 Å². The molecule has 0 bridgehead atoms. The van der Waals surface area contributed by atoms with E-state index in [0.29, 0.717) is 18.9 Å². The van der Waals surface area contributed by atoms with Crippen molar-refractivity contribution in [2.24, 2.45) is 5.92 Å². The van der Waals surface area contributed by atoms with Crippen molar-refractivity contribution in [1.29, 1.82) is 0 Å². The third-order valence-corrected chi connectivity index (χ3v) is 3.74. The molecule has 0 radical (unpaired) electrons. The zero-order valence-corrected chi connectivity index (χ0v) is 9.78. The number of ether oxygens (including phenoxy) is 1. The van der Waals surface area contributed by atoms with Crippen molar-refractivity contribution in [3.63, 3.8) is 0 Å². The van der Waals surface area contributed by atoms with Crippen LogP contribution in [0.3, 0.4) is 0 Å². The smallest absolute Gasteiger partial charge is 0.230 e. The van der Waals surface area contributed by atoms with Crippen LogP contribution in [0.25, 0.3) is 0 Å². The fourth-order valence-corrected chi connectivity index (χ4v) is 2.61. The first-order chi connectivity index (χ1) is 7.68. The van der Waals surface area contributed by atoms with Gasteiger partial charge < -0.3 is 9.64 Å². The van der Waals surface area contributed by atoms with Crippen molar-refractivity contribution in [1.82, 2.24) is 4.90 Å². The first kappa shape index (κ1) is 11.6. The number of nitrogens with zero attached hydrogens (tertiary/aromatic N) is 1.